The number of hydrogen-bond donors (Lipinski definition) is 2. The maximum atomic E-state index is 9.15. The van der Waals surface area contributed by atoms with E-state index in [1.54, 1.807) is 6.20 Å². The molecule has 4 heteroatoms. The van der Waals surface area contributed by atoms with Crippen molar-refractivity contribution in [3.05, 3.63) is 23.9 Å². The minimum absolute atomic E-state index is 0.0223. The molecule has 0 amide bonds. The number of nitrogens with two attached hydrogens (primary N) is 1. The van der Waals surface area contributed by atoms with Crippen molar-refractivity contribution in [2.45, 2.75) is 38.3 Å². The fourth-order valence-corrected chi connectivity index (χ4v) is 2.16. The van der Waals surface area contributed by atoms with Crippen LogP contribution in [0.5, 0.6) is 0 Å². The second kappa shape index (κ2) is 5.47. The van der Waals surface area contributed by atoms with Crippen LogP contribution < -0.4 is 10.6 Å². The SMILES string of the molecule is C[C@@H](N)c1ccnc(N(CCO)C2CCC2)c1. The lowest BCUT2D eigenvalue weighted by atomic mass is 9.91. The Kier molecular flexibility index (Phi) is 3.97. The predicted octanol–water partition coefficient (Wildman–Crippen LogP) is 1.45. The van der Waals surface area contributed by atoms with Crippen LogP contribution in [-0.2, 0) is 0 Å². The molecule has 0 unspecified atom stereocenters. The molecule has 1 heterocycles. The summed E-state index contributed by atoms with van der Waals surface area (Å²) >= 11 is 0. The number of aromatic nitrogens is 1. The number of nitrogens with zero attached hydrogens (tertiary/aromatic N) is 2. The molecule has 1 aromatic rings. The maximum absolute atomic E-state index is 9.15. The molecule has 2 rings (SSSR count). The number of aliphatic hydroxyl groups is 1. The predicted molar refractivity (Wildman–Crippen MR) is 68.9 cm³/mol. The van der Waals surface area contributed by atoms with Crippen molar-refractivity contribution in [1.29, 1.82) is 0 Å². The molecule has 0 radical (unpaired) electrons. The van der Waals surface area contributed by atoms with E-state index < -0.39 is 0 Å². The van der Waals surface area contributed by atoms with E-state index >= 15 is 0 Å². The minimum Gasteiger partial charge on any atom is -0.395 e. The van der Waals surface area contributed by atoms with Crippen molar-refractivity contribution in [3.63, 3.8) is 0 Å². The highest BCUT2D eigenvalue weighted by atomic mass is 16.3. The third kappa shape index (κ3) is 2.76. The van der Waals surface area contributed by atoms with E-state index in [4.69, 9.17) is 10.8 Å². The summed E-state index contributed by atoms with van der Waals surface area (Å²) in [5.41, 5.74) is 6.98. The van der Waals surface area contributed by atoms with Crippen LogP contribution in [0.3, 0.4) is 0 Å². The molecule has 4 nitrogen and oxygen atoms in total. The van der Waals surface area contributed by atoms with Gasteiger partial charge < -0.3 is 15.7 Å². The van der Waals surface area contributed by atoms with Crippen LogP contribution in [0.2, 0.25) is 0 Å². The van der Waals surface area contributed by atoms with E-state index in [0.29, 0.717) is 12.6 Å². The Morgan fingerprint density at radius 3 is 2.88 bits per heavy atom. The quantitative estimate of drug-likeness (QED) is 0.811. The molecular weight excluding hydrogens is 214 g/mol. The molecule has 0 spiro atoms. The number of aliphatic hydroxyl groups excluding tert-OH is 1. The Bertz CT molecular complexity index is 363. The molecular formula is C13H21N3O. The Morgan fingerprint density at radius 1 is 1.59 bits per heavy atom. The molecule has 0 bridgehead atoms. The first-order valence-electron chi connectivity index (χ1n) is 6.31. The molecule has 1 atom stereocenters. The normalized spacial score (nSPS) is 17.6. The average Bonchev–Trinajstić information content (AvgIpc) is 2.26. The molecule has 1 aliphatic carbocycles. The molecule has 1 saturated carbocycles. The van der Waals surface area contributed by atoms with Gasteiger partial charge in [0.05, 0.1) is 6.61 Å². The van der Waals surface area contributed by atoms with E-state index in [9.17, 15) is 0 Å². The highest BCUT2D eigenvalue weighted by Gasteiger charge is 2.25. The van der Waals surface area contributed by atoms with Gasteiger partial charge in [-0.2, -0.15) is 0 Å². The van der Waals surface area contributed by atoms with Crippen LogP contribution in [0.1, 0.15) is 37.8 Å². The summed E-state index contributed by atoms with van der Waals surface area (Å²) < 4.78 is 0. The van der Waals surface area contributed by atoms with E-state index in [-0.39, 0.29) is 12.6 Å². The summed E-state index contributed by atoms with van der Waals surface area (Å²) in [6, 6.07) is 4.55. The Hall–Kier alpha value is -1.13. The van der Waals surface area contributed by atoms with Gasteiger partial charge in [-0.15, -0.1) is 0 Å². The van der Waals surface area contributed by atoms with Crippen molar-refractivity contribution in [1.82, 2.24) is 4.98 Å². The zero-order chi connectivity index (χ0) is 12.3. The molecule has 0 aliphatic heterocycles. The lowest BCUT2D eigenvalue weighted by Gasteiger charge is -2.38. The number of rotatable bonds is 5. The lowest BCUT2D eigenvalue weighted by Crippen LogP contribution is -2.42. The van der Waals surface area contributed by atoms with Crippen LogP contribution in [0, 0.1) is 0 Å². The van der Waals surface area contributed by atoms with Gasteiger partial charge in [-0.25, -0.2) is 4.98 Å². The summed E-state index contributed by atoms with van der Waals surface area (Å²) in [5, 5.41) is 9.15. The van der Waals surface area contributed by atoms with Gasteiger partial charge in [-0.05, 0) is 43.9 Å². The van der Waals surface area contributed by atoms with Crippen molar-refractivity contribution < 1.29 is 5.11 Å². The van der Waals surface area contributed by atoms with Gasteiger partial charge in [0.2, 0.25) is 0 Å². The standard InChI is InChI=1S/C13H21N3O/c1-10(14)11-5-6-15-13(9-11)16(7-8-17)12-3-2-4-12/h5-6,9-10,12,17H,2-4,7-8,14H2,1H3/t10-/m1/s1. The molecule has 1 fully saturated rings. The van der Waals surface area contributed by atoms with Crippen LogP contribution >= 0.6 is 0 Å². The second-order valence-corrected chi connectivity index (χ2v) is 4.74. The first-order chi connectivity index (χ1) is 8.22. The average molecular weight is 235 g/mol. The highest BCUT2D eigenvalue weighted by Crippen LogP contribution is 2.29. The number of hydrogen-bond acceptors (Lipinski definition) is 4. The zero-order valence-corrected chi connectivity index (χ0v) is 10.3. The lowest BCUT2D eigenvalue weighted by molar-refractivity contribution is 0.283. The van der Waals surface area contributed by atoms with Gasteiger partial charge in [-0.1, -0.05) is 0 Å². The van der Waals surface area contributed by atoms with Crippen LogP contribution in [0.4, 0.5) is 5.82 Å². The summed E-state index contributed by atoms with van der Waals surface area (Å²) in [5.74, 6) is 0.943. The maximum Gasteiger partial charge on any atom is 0.129 e. The molecule has 1 aromatic heterocycles. The zero-order valence-electron chi connectivity index (χ0n) is 10.3. The third-order valence-electron chi connectivity index (χ3n) is 3.45. The smallest absolute Gasteiger partial charge is 0.129 e. The Balaban J connectivity index is 2.19. The summed E-state index contributed by atoms with van der Waals surface area (Å²) in [4.78, 5) is 6.61. The number of anilines is 1. The van der Waals surface area contributed by atoms with Crippen LogP contribution in [0.15, 0.2) is 18.3 Å². The minimum atomic E-state index is 0.0223. The van der Waals surface area contributed by atoms with Gasteiger partial charge in [-0.3, -0.25) is 0 Å². The van der Waals surface area contributed by atoms with E-state index in [1.807, 2.05) is 19.1 Å². The topological polar surface area (TPSA) is 62.4 Å². The highest BCUT2D eigenvalue weighted by molar-refractivity contribution is 5.43. The summed E-state index contributed by atoms with van der Waals surface area (Å²) in [6.45, 7) is 2.79. The third-order valence-corrected chi connectivity index (χ3v) is 3.45. The molecule has 0 saturated heterocycles. The van der Waals surface area contributed by atoms with Gasteiger partial charge in [0.1, 0.15) is 5.82 Å². The van der Waals surface area contributed by atoms with Crippen molar-refractivity contribution in [3.8, 4) is 0 Å². The largest absolute Gasteiger partial charge is 0.395 e. The second-order valence-electron chi connectivity index (χ2n) is 4.74. The number of pyridine rings is 1. The monoisotopic (exact) mass is 235 g/mol. The van der Waals surface area contributed by atoms with Crippen molar-refractivity contribution in [2.24, 2.45) is 5.73 Å². The van der Waals surface area contributed by atoms with Crippen molar-refractivity contribution in [2.75, 3.05) is 18.1 Å². The molecule has 1 aliphatic rings. The van der Waals surface area contributed by atoms with Crippen LogP contribution in [-0.4, -0.2) is 29.3 Å². The molecule has 94 valence electrons. The summed E-state index contributed by atoms with van der Waals surface area (Å²) in [7, 11) is 0. The van der Waals surface area contributed by atoms with E-state index in [1.165, 1.54) is 19.3 Å². The fraction of sp³-hybridized carbons (Fsp3) is 0.615. The van der Waals surface area contributed by atoms with Crippen molar-refractivity contribution >= 4 is 5.82 Å². The first-order valence-corrected chi connectivity index (χ1v) is 6.31. The first kappa shape index (κ1) is 12.3. The van der Waals surface area contributed by atoms with Crippen LogP contribution in [0.25, 0.3) is 0 Å². The Morgan fingerprint density at radius 2 is 2.35 bits per heavy atom. The van der Waals surface area contributed by atoms with Gasteiger partial charge in [0.25, 0.3) is 0 Å². The Labute approximate surface area is 102 Å². The van der Waals surface area contributed by atoms with Gasteiger partial charge >= 0.3 is 0 Å². The van der Waals surface area contributed by atoms with Gasteiger partial charge in [0, 0.05) is 24.8 Å². The summed E-state index contributed by atoms with van der Waals surface area (Å²) in [6.07, 6.45) is 5.48. The molecule has 3 N–H and O–H groups in total. The van der Waals surface area contributed by atoms with E-state index in [2.05, 4.69) is 9.88 Å². The molecule has 0 aromatic carbocycles. The fourth-order valence-electron chi connectivity index (χ4n) is 2.16. The van der Waals surface area contributed by atoms with Gasteiger partial charge in [0.15, 0.2) is 0 Å². The van der Waals surface area contributed by atoms with E-state index in [0.717, 1.165) is 11.4 Å². The molecule has 17 heavy (non-hydrogen) atoms.